The minimum absolute atomic E-state index is 0.168. The maximum atomic E-state index is 12.7. The molecule has 0 fully saturated rings. The van der Waals surface area contributed by atoms with Crippen molar-refractivity contribution in [1.82, 2.24) is 9.88 Å². The summed E-state index contributed by atoms with van der Waals surface area (Å²) in [6.07, 6.45) is 1.20. The fourth-order valence-corrected chi connectivity index (χ4v) is 3.31. The molecule has 10 nitrogen and oxygen atoms in total. The minimum Gasteiger partial charge on any atom is -0.505 e. The quantitative estimate of drug-likeness (QED) is 0.398. The number of carbonyl (C=O) groups excluding carboxylic acids is 2. The molecule has 1 unspecified atom stereocenters. The number of para-hydroxylation sites is 2. The Morgan fingerprint density at radius 2 is 1.83 bits per heavy atom. The van der Waals surface area contributed by atoms with Crippen LogP contribution in [0.4, 0.5) is 10.5 Å². The van der Waals surface area contributed by atoms with Crippen LogP contribution >= 0.6 is 0 Å². The number of amides is 2. The second-order valence-corrected chi connectivity index (χ2v) is 7.48. The maximum absolute atomic E-state index is 12.7. The Hall–Kier alpha value is -4.47. The van der Waals surface area contributed by atoms with Gasteiger partial charge in [0, 0.05) is 13.2 Å². The smallest absolute Gasteiger partial charge is 0.319 e. The highest BCUT2D eigenvalue weighted by Gasteiger charge is 2.21. The number of ether oxygens (including phenoxy) is 3. The Balaban J connectivity index is 1.85. The molecule has 3 rings (SSSR count). The average molecular weight is 482 g/mol. The number of aromatic hydroxyl groups is 1. The van der Waals surface area contributed by atoms with Crippen LogP contribution < -0.4 is 25.7 Å². The van der Waals surface area contributed by atoms with Gasteiger partial charge < -0.3 is 34.5 Å². The van der Waals surface area contributed by atoms with Crippen molar-refractivity contribution in [3.05, 3.63) is 76.7 Å². The predicted molar refractivity (Wildman–Crippen MR) is 129 cm³/mol. The molecule has 0 saturated carbocycles. The Kier molecular flexibility index (Phi) is 8.33. The molecule has 1 aromatic heterocycles. The van der Waals surface area contributed by atoms with Gasteiger partial charge in [-0.05, 0) is 42.8 Å². The van der Waals surface area contributed by atoms with E-state index in [9.17, 15) is 19.5 Å². The van der Waals surface area contributed by atoms with Crippen molar-refractivity contribution in [3.63, 3.8) is 0 Å². The molecule has 0 aliphatic rings. The number of aromatic nitrogens is 1. The number of esters is 1. The monoisotopic (exact) mass is 481 g/mol. The number of hydrogen-bond donors (Lipinski definition) is 3. The Morgan fingerprint density at radius 1 is 1.09 bits per heavy atom. The van der Waals surface area contributed by atoms with Crippen LogP contribution in [0, 0.1) is 0 Å². The molecule has 2 aromatic carbocycles. The molecule has 0 aliphatic heterocycles. The van der Waals surface area contributed by atoms with Gasteiger partial charge in [0.05, 0.1) is 26.2 Å². The number of methoxy groups -OCH3 is 1. The molecular formula is C25H27N3O7. The summed E-state index contributed by atoms with van der Waals surface area (Å²) in [6, 6.07) is 13.7. The highest BCUT2D eigenvalue weighted by molar-refractivity contribution is 5.91. The third-order valence-corrected chi connectivity index (χ3v) is 5.02. The lowest BCUT2D eigenvalue weighted by atomic mass is 10.0. The van der Waals surface area contributed by atoms with E-state index in [-0.39, 0.29) is 24.5 Å². The van der Waals surface area contributed by atoms with Gasteiger partial charge >= 0.3 is 12.0 Å². The number of nitrogens with zero attached hydrogens (tertiary/aromatic N) is 1. The minimum atomic E-state index is -0.815. The van der Waals surface area contributed by atoms with Gasteiger partial charge in [-0.3, -0.25) is 9.59 Å². The van der Waals surface area contributed by atoms with Gasteiger partial charge in [0.1, 0.15) is 11.5 Å². The first-order chi connectivity index (χ1) is 16.8. The lowest BCUT2D eigenvalue weighted by molar-refractivity contribution is -0.143. The van der Waals surface area contributed by atoms with Crippen molar-refractivity contribution in [3.8, 4) is 23.0 Å². The number of carbonyl (C=O) groups is 2. The molecule has 3 N–H and O–H groups in total. The summed E-state index contributed by atoms with van der Waals surface area (Å²) >= 11 is 0. The normalized spacial score (nSPS) is 11.3. The highest BCUT2D eigenvalue weighted by Crippen LogP contribution is 2.32. The van der Waals surface area contributed by atoms with Crippen LogP contribution in [0.2, 0.25) is 0 Å². The van der Waals surface area contributed by atoms with E-state index in [4.69, 9.17) is 14.2 Å². The number of rotatable bonds is 9. The third-order valence-electron chi connectivity index (χ3n) is 5.02. The van der Waals surface area contributed by atoms with E-state index in [2.05, 4.69) is 10.6 Å². The molecule has 35 heavy (non-hydrogen) atoms. The summed E-state index contributed by atoms with van der Waals surface area (Å²) in [4.78, 5) is 37.2. The topological polar surface area (TPSA) is 128 Å². The summed E-state index contributed by atoms with van der Waals surface area (Å²) in [6.45, 7) is 1.87. The maximum Gasteiger partial charge on any atom is 0.319 e. The molecule has 0 saturated heterocycles. The van der Waals surface area contributed by atoms with Crippen molar-refractivity contribution in [1.29, 1.82) is 0 Å². The Bertz CT molecular complexity index is 1260. The summed E-state index contributed by atoms with van der Waals surface area (Å²) in [5.41, 5.74) is -0.310. The van der Waals surface area contributed by atoms with E-state index >= 15 is 0 Å². The van der Waals surface area contributed by atoms with Crippen LogP contribution in [0.1, 0.15) is 24.9 Å². The molecule has 10 heteroatoms. The Morgan fingerprint density at radius 3 is 2.54 bits per heavy atom. The van der Waals surface area contributed by atoms with Gasteiger partial charge in [0.2, 0.25) is 0 Å². The third kappa shape index (κ3) is 6.53. The first-order valence-corrected chi connectivity index (χ1v) is 10.8. The van der Waals surface area contributed by atoms with Crippen molar-refractivity contribution >= 4 is 17.7 Å². The van der Waals surface area contributed by atoms with Crippen molar-refractivity contribution in [2.45, 2.75) is 19.4 Å². The van der Waals surface area contributed by atoms with E-state index < -0.39 is 23.6 Å². The number of nitrogens with one attached hydrogen (secondary N) is 2. The highest BCUT2D eigenvalue weighted by atomic mass is 16.5. The lowest BCUT2D eigenvalue weighted by Gasteiger charge is -2.20. The predicted octanol–water partition coefficient (Wildman–Crippen LogP) is 3.71. The number of hydrogen-bond acceptors (Lipinski definition) is 7. The van der Waals surface area contributed by atoms with E-state index in [1.165, 1.54) is 31.0 Å². The van der Waals surface area contributed by atoms with Crippen molar-refractivity contribution in [2.75, 3.05) is 19.0 Å². The van der Waals surface area contributed by atoms with Crippen LogP contribution in [0.3, 0.4) is 0 Å². The zero-order valence-electron chi connectivity index (χ0n) is 19.6. The molecule has 0 spiro atoms. The van der Waals surface area contributed by atoms with E-state index in [0.717, 1.165) is 0 Å². The van der Waals surface area contributed by atoms with Gasteiger partial charge in [0.25, 0.3) is 5.56 Å². The molecule has 0 radical (unpaired) electrons. The lowest BCUT2D eigenvalue weighted by Crippen LogP contribution is -2.36. The second-order valence-electron chi connectivity index (χ2n) is 7.48. The number of aryl methyl sites for hydroxylation is 1. The first kappa shape index (κ1) is 25.2. The number of anilines is 1. The fraction of sp³-hybridized carbons (Fsp3) is 0.240. The van der Waals surface area contributed by atoms with Gasteiger partial charge in [0.15, 0.2) is 17.2 Å². The van der Waals surface area contributed by atoms with Crippen molar-refractivity contribution in [2.24, 2.45) is 7.05 Å². The standard InChI is InChI=1S/C25H27N3O7/c1-4-34-22(30)15-18(26-25(32)27-23-19(29)12-13-28(2)24(23)31)16-8-7-9-17(14-16)35-21-11-6-5-10-20(21)33-3/h5-14,18,29H,4,15H2,1-3H3,(H2,26,27,32). The zero-order valence-corrected chi connectivity index (χ0v) is 19.6. The van der Waals surface area contributed by atoms with Crippen LogP contribution in [-0.2, 0) is 16.6 Å². The van der Waals surface area contributed by atoms with Gasteiger partial charge in [-0.2, -0.15) is 0 Å². The van der Waals surface area contributed by atoms with Crippen LogP contribution in [0.15, 0.2) is 65.6 Å². The molecular weight excluding hydrogens is 454 g/mol. The van der Waals surface area contributed by atoms with Crippen LogP contribution in [0.25, 0.3) is 0 Å². The molecule has 1 heterocycles. The van der Waals surface area contributed by atoms with Gasteiger partial charge in [-0.1, -0.05) is 24.3 Å². The summed E-state index contributed by atoms with van der Waals surface area (Å²) in [5, 5.41) is 15.0. The first-order valence-electron chi connectivity index (χ1n) is 10.8. The fourth-order valence-electron chi connectivity index (χ4n) is 3.31. The molecule has 0 bridgehead atoms. The molecule has 0 aliphatic carbocycles. The van der Waals surface area contributed by atoms with E-state index in [1.807, 2.05) is 6.07 Å². The van der Waals surface area contributed by atoms with E-state index in [1.54, 1.807) is 49.4 Å². The van der Waals surface area contributed by atoms with Gasteiger partial charge in [-0.25, -0.2) is 4.79 Å². The second kappa shape index (κ2) is 11.6. The summed E-state index contributed by atoms with van der Waals surface area (Å²) in [5.74, 6) is 0.597. The Labute approximate surface area is 202 Å². The van der Waals surface area contributed by atoms with Crippen LogP contribution in [-0.4, -0.2) is 35.4 Å². The molecule has 1 atom stereocenters. The van der Waals surface area contributed by atoms with Crippen molar-refractivity contribution < 1.29 is 28.9 Å². The zero-order chi connectivity index (χ0) is 25.4. The number of urea groups is 1. The van der Waals surface area contributed by atoms with Crippen LogP contribution in [0.5, 0.6) is 23.0 Å². The molecule has 3 aromatic rings. The number of benzene rings is 2. The summed E-state index contributed by atoms with van der Waals surface area (Å²) in [7, 11) is 3.02. The van der Waals surface area contributed by atoms with Gasteiger partial charge in [-0.15, -0.1) is 0 Å². The average Bonchev–Trinajstić information content (AvgIpc) is 2.84. The number of pyridine rings is 1. The largest absolute Gasteiger partial charge is 0.505 e. The molecule has 184 valence electrons. The van der Waals surface area contributed by atoms with E-state index in [0.29, 0.717) is 22.8 Å². The SMILES string of the molecule is CCOC(=O)CC(NC(=O)Nc1c(O)ccn(C)c1=O)c1cccc(Oc2ccccc2OC)c1. The summed E-state index contributed by atoms with van der Waals surface area (Å²) < 4.78 is 17.5. The molecule has 2 amide bonds.